The number of esters is 1. The Bertz CT molecular complexity index is 489. The molecule has 0 amide bonds. The highest BCUT2D eigenvalue weighted by atomic mass is 16.6. The number of carboxylic acid groups (broad SMARTS) is 1. The largest absolute Gasteiger partial charge is 0.480 e. The van der Waals surface area contributed by atoms with Gasteiger partial charge in [-0.1, -0.05) is 12.8 Å². The van der Waals surface area contributed by atoms with Gasteiger partial charge in [0, 0.05) is 18.4 Å². The Morgan fingerprint density at radius 2 is 1.82 bits per heavy atom. The van der Waals surface area contributed by atoms with Crippen molar-refractivity contribution in [1.29, 1.82) is 0 Å². The molecule has 22 heavy (non-hydrogen) atoms. The highest BCUT2D eigenvalue weighted by Gasteiger charge is 2.67. The molecule has 6 nitrogen and oxygen atoms in total. The number of ketones is 1. The van der Waals surface area contributed by atoms with Gasteiger partial charge in [-0.05, 0) is 39.5 Å². The van der Waals surface area contributed by atoms with E-state index >= 15 is 0 Å². The maximum atomic E-state index is 12.7. The van der Waals surface area contributed by atoms with E-state index in [4.69, 9.17) is 10.5 Å². The molecule has 0 bridgehead atoms. The topological polar surface area (TPSA) is 107 Å². The first kappa shape index (κ1) is 16.9. The molecule has 2 rings (SSSR count). The van der Waals surface area contributed by atoms with Crippen molar-refractivity contribution >= 4 is 17.7 Å². The second kappa shape index (κ2) is 5.65. The lowest BCUT2D eigenvalue weighted by Crippen LogP contribution is -2.57. The molecule has 3 atom stereocenters. The van der Waals surface area contributed by atoms with Gasteiger partial charge in [-0.15, -0.1) is 0 Å². The zero-order valence-corrected chi connectivity index (χ0v) is 13.4. The van der Waals surface area contributed by atoms with Crippen molar-refractivity contribution in [2.75, 3.05) is 0 Å². The molecule has 0 aliphatic heterocycles. The Labute approximate surface area is 130 Å². The summed E-state index contributed by atoms with van der Waals surface area (Å²) < 4.78 is 5.34. The van der Waals surface area contributed by atoms with Gasteiger partial charge in [0.05, 0.1) is 0 Å². The fraction of sp³-hybridized carbons (Fsp3) is 0.812. The summed E-state index contributed by atoms with van der Waals surface area (Å²) in [6.07, 6.45) is 3.36. The Morgan fingerprint density at radius 1 is 1.27 bits per heavy atom. The summed E-state index contributed by atoms with van der Waals surface area (Å²) in [5, 5.41) is 9.82. The summed E-state index contributed by atoms with van der Waals surface area (Å²) in [7, 11) is 0. The van der Waals surface area contributed by atoms with E-state index in [-0.39, 0.29) is 18.1 Å². The van der Waals surface area contributed by atoms with Crippen LogP contribution >= 0.6 is 0 Å². The third-order valence-electron chi connectivity index (χ3n) is 4.81. The van der Waals surface area contributed by atoms with Crippen LogP contribution in [-0.4, -0.2) is 34.5 Å². The Morgan fingerprint density at radius 3 is 2.27 bits per heavy atom. The van der Waals surface area contributed by atoms with Crippen LogP contribution in [-0.2, 0) is 19.1 Å². The Hall–Kier alpha value is -1.43. The van der Waals surface area contributed by atoms with E-state index in [0.717, 1.165) is 25.7 Å². The number of nitrogens with two attached hydrogens (primary N) is 1. The molecule has 6 heteroatoms. The van der Waals surface area contributed by atoms with Crippen LogP contribution in [0.15, 0.2) is 0 Å². The Balaban J connectivity index is 2.46. The summed E-state index contributed by atoms with van der Waals surface area (Å²) in [5.41, 5.74) is 3.21. The summed E-state index contributed by atoms with van der Waals surface area (Å²) in [6, 6.07) is -1.03. The molecule has 0 heterocycles. The van der Waals surface area contributed by atoms with E-state index in [0.29, 0.717) is 0 Å². The average molecular weight is 311 g/mol. The average Bonchev–Trinajstić information content (AvgIpc) is 2.92. The molecule has 0 aromatic rings. The van der Waals surface area contributed by atoms with Gasteiger partial charge in [-0.3, -0.25) is 14.4 Å². The number of rotatable bonds is 3. The normalized spacial score (nSPS) is 33.2. The smallest absolute Gasteiger partial charge is 0.326 e. The monoisotopic (exact) mass is 311 g/mol. The SMILES string of the molecule is CC(C)(C)OC(=O)C1(C(=O)O)C(C2CCCC2)C(=O)C[C@@H]1N. The van der Waals surface area contributed by atoms with E-state index < -0.39 is 34.9 Å². The van der Waals surface area contributed by atoms with Crippen molar-refractivity contribution in [1.82, 2.24) is 0 Å². The lowest BCUT2D eigenvalue weighted by atomic mass is 9.69. The molecule has 2 unspecified atom stereocenters. The molecule has 2 fully saturated rings. The molecule has 0 spiro atoms. The first-order valence-corrected chi connectivity index (χ1v) is 7.86. The maximum absolute atomic E-state index is 12.7. The number of carbonyl (C=O) groups is 3. The number of aliphatic carboxylic acids is 1. The number of Topliss-reactive ketones (excluding diaryl/α,β-unsaturated/α-hetero) is 1. The quantitative estimate of drug-likeness (QED) is 0.604. The summed E-state index contributed by atoms with van der Waals surface area (Å²) in [6.45, 7) is 5.02. The van der Waals surface area contributed by atoms with Crippen LogP contribution in [0.3, 0.4) is 0 Å². The number of carboxylic acids is 1. The number of hydrogen-bond donors (Lipinski definition) is 2. The van der Waals surface area contributed by atoms with Crippen molar-refractivity contribution in [2.24, 2.45) is 23.0 Å². The van der Waals surface area contributed by atoms with Crippen molar-refractivity contribution in [2.45, 2.75) is 64.5 Å². The highest BCUT2D eigenvalue weighted by molar-refractivity contribution is 6.08. The second-order valence-electron chi connectivity index (χ2n) is 7.48. The third-order valence-corrected chi connectivity index (χ3v) is 4.81. The molecular formula is C16H25NO5. The van der Waals surface area contributed by atoms with Crippen LogP contribution in [0.5, 0.6) is 0 Å². The molecule has 0 saturated heterocycles. The van der Waals surface area contributed by atoms with Gasteiger partial charge in [0.2, 0.25) is 0 Å². The van der Waals surface area contributed by atoms with Gasteiger partial charge in [0.1, 0.15) is 11.4 Å². The second-order valence-corrected chi connectivity index (χ2v) is 7.48. The van der Waals surface area contributed by atoms with Crippen molar-refractivity contribution in [3.8, 4) is 0 Å². The van der Waals surface area contributed by atoms with Crippen LogP contribution in [0.25, 0.3) is 0 Å². The first-order chi connectivity index (χ1) is 10.1. The molecule has 2 aliphatic carbocycles. The summed E-state index contributed by atoms with van der Waals surface area (Å²) in [5.74, 6) is -3.38. The molecule has 2 aliphatic rings. The van der Waals surface area contributed by atoms with E-state index in [1.165, 1.54) is 0 Å². The van der Waals surface area contributed by atoms with E-state index in [1.807, 2.05) is 0 Å². The predicted octanol–water partition coefficient (Wildman–Crippen LogP) is 1.51. The number of ether oxygens (including phenoxy) is 1. The lowest BCUT2D eigenvalue weighted by molar-refractivity contribution is -0.183. The van der Waals surface area contributed by atoms with Gasteiger partial charge < -0.3 is 15.6 Å². The van der Waals surface area contributed by atoms with Crippen LogP contribution in [0.1, 0.15) is 52.9 Å². The fourth-order valence-electron chi connectivity index (χ4n) is 3.93. The van der Waals surface area contributed by atoms with Gasteiger partial charge in [0.15, 0.2) is 5.41 Å². The molecule has 0 aromatic heterocycles. The van der Waals surface area contributed by atoms with E-state index in [1.54, 1.807) is 20.8 Å². The minimum atomic E-state index is -1.95. The molecule has 0 radical (unpaired) electrons. The molecular weight excluding hydrogens is 286 g/mol. The van der Waals surface area contributed by atoms with Crippen LogP contribution in [0, 0.1) is 17.3 Å². The maximum Gasteiger partial charge on any atom is 0.326 e. The summed E-state index contributed by atoms with van der Waals surface area (Å²) >= 11 is 0. The molecule has 2 saturated carbocycles. The molecule has 124 valence electrons. The first-order valence-electron chi connectivity index (χ1n) is 7.86. The van der Waals surface area contributed by atoms with Crippen molar-refractivity contribution in [3.05, 3.63) is 0 Å². The van der Waals surface area contributed by atoms with Crippen LogP contribution in [0.4, 0.5) is 0 Å². The van der Waals surface area contributed by atoms with Gasteiger partial charge >= 0.3 is 11.9 Å². The highest BCUT2D eigenvalue weighted by Crippen LogP contribution is 2.50. The van der Waals surface area contributed by atoms with Crippen LogP contribution < -0.4 is 5.73 Å². The van der Waals surface area contributed by atoms with E-state index in [2.05, 4.69) is 0 Å². The third kappa shape index (κ3) is 2.64. The van der Waals surface area contributed by atoms with Crippen LogP contribution in [0.2, 0.25) is 0 Å². The molecule has 3 N–H and O–H groups in total. The van der Waals surface area contributed by atoms with Gasteiger partial charge in [0.25, 0.3) is 0 Å². The summed E-state index contributed by atoms with van der Waals surface area (Å²) in [4.78, 5) is 37.2. The number of hydrogen-bond acceptors (Lipinski definition) is 5. The zero-order valence-electron chi connectivity index (χ0n) is 13.4. The minimum Gasteiger partial charge on any atom is -0.480 e. The molecule has 0 aromatic carbocycles. The lowest BCUT2D eigenvalue weighted by Gasteiger charge is -2.36. The predicted molar refractivity (Wildman–Crippen MR) is 79.0 cm³/mol. The standard InChI is InChI=1S/C16H25NO5/c1-15(2,3)22-14(21)16(13(19)20)11(17)8-10(18)12(16)9-6-4-5-7-9/h9,11-12H,4-8,17H2,1-3H3,(H,19,20)/t11-,12?,16?/m0/s1. The Kier molecular flexibility index (Phi) is 4.35. The van der Waals surface area contributed by atoms with E-state index in [9.17, 15) is 19.5 Å². The fourth-order valence-corrected chi connectivity index (χ4v) is 3.93. The zero-order chi connectivity index (χ0) is 16.7. The van der Waals surface area contributed by atoms with Crippen molar-refractivity contribution < 1.29 is 24.2 Å². The minimum absolute atomic E-state index is 0.0767. The van der Waals surface area contributed by atoms with Gasteiger partial charge in [-0.25, -0.2) is 0 Å². The van der Waals surface area contributed by atoms with Gasteiger partial charge in [-0.2, -0.15) is 0 Å². The number of carbonyl (C=O) groups excluding carboxylic acids is 2. The van der Waals surface area contributed by atoms with Crippen molar-refractivity contribution in [3.63, 3.8) is 0 Å².